The molecule has 0 radical (unpaired) electrons. The van der Waals surface area contributed by atoms with E-state index >= 15 is 0 Å². The monoisotopic (exact) mass is 306 g/mol. The first-order chi connectivity index (χ1) is 10.6. The van der Waals surface area contributed by atoms with Gasteiger partial charge in [-0.2, -0.15) is 0 Å². The minimum Gasteiger partial charge on any atom is -0.490 e. The van der Waals surface area contributed by atoms with Crippen molar-refractivity contribution in [1.82, 2.24) is 9.80 Å². The Labute approximate surface area is 132 Å². The van der Waals surface area contributed by atoms with Crippen molar-refractivity contribution in [3.63, 3.8) is 0 Å². The van der Waals surface area contributed by atoms with Crippen LogP contribution in [0.1, 0.15) is 24.2 Å². The molecule has 1 aromatic carbocycles. The highest BCUT2D eigenvalue weighted by Gasteiger charge is 2.19. The number of piperazine rings is 1. The first kappa shape index (κ1) is 16.9. The van der Waals surface area contributed by atoms with Gasteiger partial charge in [-0.3, -0.25) is 9.69 Å². The molecule has 1 aliphatic heterocycles. The molecule has 0 bridgehead atoms. The summed E-state index contributed by atoms with van der Waals surface area (Å²) in [6.07, 6.45) is -0.548. The fourth-order valence-corrected chi connectivity index (χ4v) is 2.71. The van der Waals surface area contributed by atoms with Crippen LogP contribution >= 0.6 is 0 Å². The normalized spacial score (nSPS) is 18.1. The Morgan fingerprint density at radius 3 is 2.50 bits per heavy atom. The van der Waals surface area contributed by atoms with E-state index in [0.29, 0.717) is 17.9 Å². The lowest BCUT2D eigenvalue weighted by Gasteiger charge is -2.34. The number of rotatable bonds is 7. The van der Waals surface area contributed by atoms with Crippen LogP contribution in [0, 0.1) is 0 Å². The first-order valence-electron chi connectivity index (χ1n) is 7.95. The molecular formula is C17H26N2O3. The lowest BCUT2D eigenvalue weighted by molar-refractivity contribution is 0.0468. The van der Waals surface area contributed by atoms with E-state index in [4.69, 9.17) is 4.74 Å². The van der Waals surface area contributed by atoms with Gasteiger partial charge in [0.2, 0.25) is 0 Å². The molecule has 0 aromatic heterocycles. The van der Waals surface area contributed by atoms with Crippen molar-refractivity contribution in [2.45, 2.75) is 20.0 Å². The topological polar surface area (TPSA) is 53.0 Å². The van der Waals surface area contributed by atoms with E-state index in [1.807, 2.05) is 12.1 Å². The third-order valence-electron chi connectivity index (χ3n) is 4.08. The van der Waals surface area contributed by atoms with Gasteiger partial charge < -0.3 is 14.7 Å². The van der Waals surface area contributed by atoms with Crippen LogP contribution in [0.25, 0.3) is 0 Å². The Kier molecular flexibility index (Phi) is 6.36. The highest BCUT2D eigenvalue weighted by atomic mass is 16.5. The van der Waals surface area contributed by atoms with Gasteiger partial charge in [-0.05, 0) is 25.6 Å². The molecule has 1 atom stereocenters. The fraction of sp³-hybridized carbons (Fsp3) is 0.588. The van der Waals surface area contributed by atoms with Gasteiger partial charge in [-0.1, -0.05) is 19.1 Å². The summed E-state index contributed by atoms with van der Waals surface area (Å²) < 4.78 is 5.64. The molecule has 5 heteroatoms. The molecule has 1 fully saturated rings. The molecule has 1 N–H and O–H groups in total. The minimum absolute atomic E-state index is 0.0271. The molecule has 1 saturated heterocycles. The van der Waals surface area contributed by atoms with Gasteiger partial charge in [-0.15, -0.1) is 0 Å². The first-order valence-corrected chi connectivity index (χ1v) is 7.95. The molecule has 0 aliphatic carbocycles. The van der Waals surface area contributed by atoms with E-state index in [-0.39, 0.29) is 12.4 Å². The average Bonchev–Trinajstić information content (AvgIpc) is 2.54. The number of carbonyl (C=O) groups is 1. The second-order valence-electron chi connectivity index (χ2n) is 5.75. The summed E-state index contributed by atoms with van der Waals surface area (Å²) in [6, 6.07) is 7.16. The van der Waals surface area contributed by atoms with Gasteiger partial charge in [-0.25, -0.2) is 0 Å². The summed E-state index contributed by atoms with van der Waals surface area (Å²) in [5.41, 5.74) is 0.561. The fourth-order valence-electron chi connectivity index (χ4n) is 2.71. The number of β-amino-alcohol motifs (C(OH)–C–C–N with tert-alkyl or cyclic N) is 1. The molecular weight excluding hydrogens is 280 g/mol. The van der Waals surface area contributed by atoms with Crippen LogP contribution in [-0.2, 0) is 0 Å². The molecule has 1 heterocycles. The Morgan fingerprint density at radius 1 is 1.23 bits per heavy atom. The molecule has 1 aliphatic rings. The number of hydrogen-bond acceptors (Lipinski definition) is 5. The van der Waals surface area contributed by atoms with Gasteiger partial charge in [0.05, 0.1) is 5.56 Å². The van der Waals surface area contributed by atoms with Crippen molar-refractivity contribution in [2.24, 2.45) is 0 Å². The van der Waals surface area contributed by atoms with E-state index in [9.17, 15) is 9.90 Å². The number of Topliss-reactive ketones (excluding diaryl/α,β-unsaturated/α-hetero) is 1. The number of hydrogen-bond donors (Lipinski definition) is 1. The largest absolute Gasteiger partial charge is 0.490 e. The Balaban J connectivity index is 1.79. The molecule has 1 aromatic rings. The zero-order valence-electron chi connectivity index (χ0n) is 13.5. The Bertz CT molecular complexity index is 485. The van der Waals surface area contributed by atoms with Crippen LogP contribution in [-0.4, -0.2) is 72.7 Å². The third kappa shape index (κ3) is 4.80. The zero-order chi connectivity index (χ0) is 15.9. The number of nitrogens with zero attached hydrogens (tertiary/aromatic N) is 2. The van der Waals surface area contributed by atoms with Crippen LogP contribution in [0.15, 0.2) is 24.3 Å². The predicted octanol–water partition coefficient (Wildman–Crippen LogP) is 1.27. The average molecular weight is 306 g/mol. The number of ketones is 1. The SMILES string of the molecule is CCN1CCN(C[C@@H](O)COc2ccccc2C(C)=O)CC1. The molecule has 0 amide bonds. The highest BCUT2D eigenvalue weighted by Crippen LogP contribution is 2.18. The van der Waals surface area contributed by atoms with Crippen LogP contribution in [0.4, 0.5) is 0 Å². The van der Waals surface area contributed by atoms with Crippen LogP contribution < -0.4 is 4.74 Å². The van der Waals surface area contributed by atoms with E-state index in [2.05, 4.69) is 16.7 Å². The maximum atomic E-state index is 11.5. The quantitative estimate of drug-likeness (QED) is 0.769. The maximum Gasteiger partial charge on any atom is 0.163 e. The van der Waals surface area contributed by atoms with Crippen molar-refractivity contribution < 1.29 is 14.6 Å². The summed E-state index contributed by atoms with van der Waals surface area (Å²) >= 11 is 0. The van der Waals surface area contributed by atoms with E-state index in [1.165, 1.54) is 6.92 Å². The maximum absolute atomic E-state index is 11.5. The summed E-state index contributed by atoms with van der Waals surface area (Å²) in [6.45, 7) is 9.66. The van der Waals surface area contributed by atoms with E-state index in [1.54, 1.807) is 12.1 Å². The molecule has 0 spiro atoms. The molecule has 22 heavy (non-hydrogen) atoms. The third-order valence-corrected chi connectivity index (χ3v) is 4.08. The Morgan fingerprint density at radius 2 is 1.86 bits per heavy atom. The number of aliphatic hydroxyl groups is 1. The lowest BCUT2D eigenvalue weighted by Crippen LogP contribution is -2.49. The number of benzene rings is 1. The summed E-state index contributed by atoms with van der Waals surface area (Å²) in [5, 5.41) is 10.2. The summed E-state index contributed by atoms with van der Waals surface area (Å²) in [7, 11) is 0. The zero-order valence-corrected chi connectivity index (χ0v) is 13.5. The smallest absolute Gasteiger partial charge is 0.163 e. The summed E-state index contributed by atoms with van der Waals surface area (Å²) in [5.74, 6) is 0.519. The molecule has 0 unspecified atom stereocenters. The van der Waals surface area contributed by atoms with Crippen molar-refractivity contribution in [2.75, 3.05) is 45.9 Å². The second-order valence-corrected chi connectivity index (χ2v) is 5.75. The molecule has 0 saturated carbocycles. The Hall–Kier alpha value is -1.43. The number of likely N-dealkylation sites (N-methyl/N-ethyl adjacent to an activating group) is 1. The van der Waals surface area contributed by atoms with Crippen LogP contribution in [0.5, 0.6) is 5.75 Å². The van der Waals surface area contributed by atoms with Gasteiger partial charge in [0.1, 0.15) is 18.5 Å². The van der Waals surface area contributed by atoms with Crippen molar-refractivity contribution >= 4 is 5.78 Å². The predicted molar refractivity (Wildman–Crippen MR) is 86.5 cm³/mol. The van der Waals surface area contributed by atoms with Crippen molar-refractivity contribution in [3.8, 4) is 5.75 Å². The van der Waals surface area contributed by atoms with Crippen molar-refractivity contribution in [3.05, 3.63) is 29.8 Å². The number of para-hydroxylation sites is 1. The lowest BCUT2D eigenvalue weighted by atomic mass is 10.1. The molecule has 5 nitrogen and oxygen atoms in total. The standard InChI is InChI=1S/C17H26N2O3/c1-3-18-8-10-19(11-9-18)12-15(21)13-22-17-7-5-4-6-16(17)14(2)20/h4-7,15,21H,3,8-13H2,1-2H3/t15-/m1/s1. The molecule has 2 rings (SSSR count). The minimum atomic E-state index is -0.548. The molecule has 122 valence electrons. The van der Waals surface area contributed by atoms with Crippen LogP contribution in [0.2, 0.25) is 0 Å². The highest BCUT2D eigenvalue weighted by molar-refractivity contribution is 5.96. The number of carbonyl (C=O) groups excluding carboxylic acids is 1. The van der Waals surface area contributed by atoms with Gasteiger partial charge >= 0.3 is 0 Å². The van der Waals surface area contributed by atoms with Gasteiger partial charge in [0.15, 0.2) is 5.78 Å². The van der Waals surface area contributed by atoms with Crippen molar-refractivity contribution in [1.29, 1.82) is 0 Å². The second kappa shape index (κ2) is 8.27. The van der Waals surface area contributed by atoms with Crippen LogP contribution in [0.3, 0.4) is 0 Å². The van der Waals surface area contributed by atoms with Gasteiger partial charge in [0.25, 0.3) is 0 Å². The van der Waals surface area contributed by atoms with Gasteiger partial charge in [0, 0.05) is 32.7 Å². The van der Waals surface area contributed by atoms with E-state index in [0.717, 1.165) is 32.7 Å². The van der Waals surface area contributed by atoms with E-state index < -0.39 is 6.10 Å². The number of aliphatic hydroxyl groups excluding tert-OH is 1. The number of ether oxygens (including phenoxy) is 1. The summed E-state index contributed by atoms with van der Waals surface area (Å²) in [4.78, 5) is 16.2.